The van der Waals surface area contributed by atoms with E-state index in [0.717, 1.165) is 31.6 Å². The van der Waals surface area contributed by atoms with Gasteiger partial charge in [0.15, 0.2) is 0 Å². The quantitative estimate of drug-likeness (QED) is 0.791. The molecule has 156 valence electrons. The van der Waals surface area contributed by atoms with Gasteiger partial charge in [0.25, 0.3) is 0 Å². The van der Waals surface area contributed by atoms with Crippen LogP contribution in [0.25, 0.3) is 0 Å². The molecule has 0 aromatic heterocycles. The van der Waals surface area contributed by atoms with Crippen LogP contribution in [0.1, 0.15) is 37.8 Å². The number of nitrogens with one attached hydrogen (secondary N) is 1. The summed E-state index contributed by atoms with van der Waals surface area (Å²) in [5, 5.41) is 2.86. The Morgan fingerprint density at radius 2 is 2.00 bits per heavy atom. The van der Waals surface area contributed by atoms with E-state index < -0.39 is 0 Å². The second-order valence-electron chi connectivity index (χ2n) is 8.35. The number of nitrogens with zero attached hydrogens (tertiary/aromatic N) is 2. The van der Waals surface area contributed by atoms with Gasteiger partial charge in [-0.2, -0.15) is 0 Å². The zero-order valence-corrected chi connectivity index (χ0v) is 18.6. The third kappa shape index (κ3) is 4.65. The Hall–Kier alpha value is -1.50. The zero-order valence-electron chi connectivity index (χ0n) is 17.0. The maximum absolute atomic E-state index is 12.6. The Bertz CT molecular complexity index is 841. The van der Waals surface area contributed by atoms with Gasteiger partial charge in [0.1, 0.15) is 0 Å². The lowest BCUT2D eigenvalue weighted by Crippen LogP contribution is -2.41. The third-order valence-corrected chi connectivity index (χ3v) is 7.58. The van der Waals surface area contributed by atoms with Crippen LogP contribution in [-0.4, -0.2) is 53.7 Å². The number of carbonyl (C=O) groups excluding carboxylic acids is 2. The van der Waals surface area contributed by atoms with Crippen molar-refractivity contribution in [3.8, 4) is 0 Å². The summed E-state index contributed by atoms with van der Waals surface area (Å²) in [4.78, 5) is 29.4. The number of halogens is 1. The van der Waals surface area contributed by atoms with Crippen molar-refractivity contribution in [2.45, 2.75) is 56.9 Å². The molecular formula is C22H28ClN3O2S. The van der Waals surface area contributed by atoms with E-state index in [1.165, 1.54) is 22.9 Å². The summed E-state index contributed by atoms with van der Waals surface area (Å²) in [6.45, 7) is 7.15. The van der Waals surface area contributed by atoms with Crippen molar-refractivity contribution < 1.29 is 9.59 Å². The number of allylic oxidation sites excluding steroid dienone is 1. The molecule has 29 heavy (non-hydrogen) atoms. The first-order chi connectivity index (χ1) is 13.9. The fourth-order valence-electron chi connectivity index (χ4n) is 4.35. The predicted molar refractivity (Wildman–Crippen MR) is 119 cm³/mol. The molecule has 5 nitrogen and oxygen atoms in total. The highest BCUT2D eigenvalue weighted by Gasteiger charge is 2.34. The van der Waals surface area contributed by atoms with E-state index in [1.54, 1.807) is 0 Å². The summed E-state index contributed by atoms with van der Waals surface area (Å²) in [5.41, 5.74) is 3.67. The number of rotatable bonds is 4. The number of benzene rings is 1. The van der Waals surface area contributed by atoms with Gasteiger partial charge >= 0.3 is 0 Å². The molecule has 2 atom stereocenters. The van der Waals surface area contributed by atoms with Crippen LogP contribution in [0.5, 0.6) is 0 Å². The van der Waals surface area contributed by atoms with Crippen molar-refractivity contribution in [3.63, 3.8) is 0 Å². The van der Waals surface area contributed by atoms with Gasteiger partial charge < -0.3 is 15.1 Å². The van der Waals surface area contributed by atoms with Crippen molar-refractivity contribution in [3.05, 3.63) is 39.8 Å². The van der Waals surface area contributed by atoms with E-state index >= 15 is 0 Å². The van der Waals surface area contributed by atoms with Crippen molar-refractivity contribution in [2.24, 2.45) is 0 Å². The molecule has 7 heteroatoms. The predicted octanol–water partition coefficient (Wildman–Crippen LogP) is 3.30. The minimum atomic E-state index is -0.178. The average molecular weight is 434 g/mol. The average Bonchev–Trinajstić information content (AvgIpc) is 3.20. The van der Waals surface area contributed by atoms with Gasteiger partial charge in [-0.05, 0) is 56.4 Å². The van der Waals surface area contributed by atoms with E-state index in [9.17, 15) is 9.59 Å². The number of hydrogen-bond donors (Lipinski definition) is 1. The van der Waals surface area contributed by atoms with Crippen molar-refractivity contribution in [2.75, 3.05) is 24.5 Å². The van der Waals surface area contributed by atoms with Crippen LogP contribution in [0.15, 0.2) is 28.6 Å². The lowest BCUT2D eigenvalue weighted by molar-refractivity contribution is -0.121. The lowest BCUT2D eigenvalue weighted by atomic mass is 10.0. The second-order valence-corrected chi connectivity index (χ2v) is 10.2. The molecule has 0 aliphatic carbocycles. The molecule has 3 heterocycles. The number of amides is 2. The van der Waals surface area contributed by atoms with Gasteiger partial charge in [-0.1, -0.05) is 23.7 Å². The topological polar surface area (TPSA) is 52.6 Å². The molecule has 1 aromatic carbocycles. The zero-order chi connectivity index (χ0) is 20.5. The van der Waals surface area contributed by atoms with Crippen LogP contribution >= 0.6 is 23.4 Å². The fraction of sp³-hybridized carbons (Fsp3) is 0.545. The second kappa shape index (κ2) is 8.70. The van der Waals surface area contributed by atoms with Gasteiger partial charge in [0.2, 0.25) is 11.8 Å². The number of thioether (sulfide) groups is 1. The molecule has 1 unspecified atom stereocenters. The number of anilines is 1. The summed E-state index contributed by atoms with van der Waals surface area (Å²) in [5.74, 6) is 0.0418. The monoisotopic (exact) mass is 433 g/mol. The minimum Gasteiger partial charge on any atom is -0.350 e. The molecule has 1 N–H and O–H groups in total. The number of fused-ring (bicyclic) bond motifs is 1. The van der Waals surface area contributed by atoms with Crippen LogP contribution in [-0.2, 0) is 22.4 Å². The van der Waals surface area contributed by atoms with Crippen LogP contribution in [0.3, 0.4) is 0 Å². The Balaban J connectivity index is 1.40. The van der Waals surface area contributed by atoms with Crippen LogP contribution in [0.4, 0.5) is 5.69 Å². The standard InChI is InChI=1S/C22H28ClN3O2S/c1-14(2)25-9-7-15-3-4-18(11-16(15)8-10-25)26-13-17(12-21(26)27)24-22(28)19-5-6-20(23)29-19/h3-4,6,11,14,17,19H,5,7-10,12-13H2,1-2H3,(H,24,28)/t17-,19?/m1/s1. The van der Waals surface area contributed by atoms with Crippen molar-refractivity contribution in [1.82, 2.24) is 10.2 Å². The maximum Gasteiger partial charge on any atom is 0.234 e. The lowest BCUT2D eigenvalue weighted by Gasteiger charge is -2.23. The Kier molecular flexibility index (Phi) is 6.23. The molecule has 1 saturated heterocycles. The summed E-state index contributed by atoms with van der Waals surface area (Å²) in [6.07, 6.45) is 4.94. The van der Waals surface area contributed by atoms with Crippen LogP contribution < -0.4 is 10.2 Å². The Morgan fingerprint density at radius 3 is 2.69 bits per heavy atom. The molecule has 3 aliphatic rings. The Labute approximate surface area is 181 Å². The fourth-order valence-corrected chi connectivity index (χ4v) is 5.60. The van der Waals surface area contributed by atoms with Gasteiger partial charge in [-0.3, -0.25) is 9.59 Å². The normalized spacial score (nSPS) is 25.2. The molecule has 0 saturated carbocycles. The summed E-state index contributed by atoms with van der Waals surface area (Å²) < 4.78 is 0.676. The molecule has 1 fully saturated rings. The van der Waals surface area contributed by atoms with Crippen molar-refractivity contribution >= 4 is 40.9 Å². The Morgan fingerprint density at radius 1 is 1.24 bits per heavy atom. The highest BCUT2D eigenvalue weighted by molar-refractivity contribution is 8.06. The maximum atomic E-state index is 12.6. The highest BCUT2D eigenvalue weighted by Crippen LogP contribution is 2.35. The molecule has 0 bridgehead atoms. The molecule has 4 rings (SSSR count). The first-order valence-electron chi connectivity index (χ1n) is 10.4. The number of carbonyl (C=O) groups is 2. The molecule has 0 spiro atoms. The van der Waals surface area contributed by atoms with Crippen LogP contribution in [0, 0.1) is 0 Å². The highest BCUT2D eigenvalue weighted by atomic mass is 35.5. The molecule has 2 amide bonds. The van der Waals surface area contributed by atoms with E-state index in [4.69, 9.17) is 11.6 Å². The van der Waals surface area contributed by atoms with Gasteiger partial charge in [0.05, 0.1) is 15.7 Å². The van der Waals surface area contributed by atoms with E-state index in [1.807, 2.05) is 11.0 Å². The first-order valence-corrected chi connectivity index (χ1v) is 11.7. The smallest absolute Gasteiger partial charge is 0.234 e. The van der Waals surface area contributed by atoms with Gasteiger partial charge in [0, 0.05) is 37.8 Å². The van der Waals surface area contributed by atoms with E-state index in [-0.39, 0.29) is 23.1 Å². The van der Waals surface area contributed by atoms with Crippen molar-refractivity contribution in [1.29, 1.82) is 0 Å². The SMILES string of the molecule is CC(C)N1CCc2ccc(N3C[C@H](NC(=O)C4CC=C(Cl)S4)CC3=O)cc2CC1. The van der Waals surface area contributed by atoms with E-state index in [0.29, 0.717) is 29.8 Å². The molecule has 0 radical (unpaired) electrons. The largest absolute Gasteiger partial charge is 0.350 e. The van der Waals surface area contributed by atoms with Crippen LogP contribution in [0.2, 0.25) is 0 Å². The minimum absolute atomic E-state index is 0.0303. The summed E-state index contributed by atoms with van der Waals surface area (Å²) >= 11 is 7.36. The number of hydrogen-bond acceptors (Lipinski definition) is 4. The first kappa shape index (κ1) is 20.8. The third-order valence-electron chi connectivity index (χ3n) is 6.08. The summed E-state index contributed by atoms with van der Waals surface area (Å²) in [6, 6.07) is 6.82. The molecule has 1 aromatic rings. The van der Waals surface area contributed by atoms with Gasteiger partial charge in [-0.15, -0.1) is 11.8 Å². The molecule has 3 aliphatic heterocycles. The summed E-state index contributed by atoms with van der Waals surface area (Å²) in [7, 11) is 0. The van der Waals surface area contributed by atoms with Gasteiger partial charge in [-0.25, -0.2) is 0 Å². The van der Waals surface area contributed by atoms with E-state index in [2.05, 4.69) is 42.3 Å². The molecular weight excluding hydrogens is 406 g/mol.